The van der Waals surface area contributed by atoms with E-state index in [0.29, 0.717) is 0 Å². The highest BCUT2D eigenvalue weighted by Gasteiger charge is 2.19. The molecule has 1 aromatic heterocycles. The minimum Gasteiger partial charge on any atom is -0.313 e. The quantitative estimate of drug-likeness (QED) is 0.733. The van der Waals surface area contributed by atoms with Crippen LogP contribution in [-0.2, 0) is 5.54 Å². The molecule has 0 aliphatic carbocycles. The minimum atomic E-state index is -0.0637. The Hall–Kier alpha value is -0.990. The molecule has 0 atom stereocenters. The van der Waals surface area contributed by atoms with Crippen LogP contribution in [0.1, 0.15) is 33.6 Å². The Bertz CT molecular complexity index is 295. The van der Waals surface area contributed by atoms with Gasteiger partial charge in [0.1, 0.15) is 0 Å². The van der Waals surface area contributed by atoms with E-state index in [0.717, 1.165) is 12.8 Å². The number of rotatable bonds is 3. The lowest BCUT2D eigenvalue weighted by molar-refractivity contribution is 0.315. The molecular weight excluding hydrogens is 152 g/mol. The summed E-state index contributed by atoms with van der Waals surface area (Å²) in [7, 11) is 0. The standard InChI is InChI=1S/C9H16N2O/c1-4-5-9(2,3)11-7-6-10-8(11)12/h6-7H,4-5H2,1-3H3,(H,10,12). The van der Waals surface area contributed by atoms with Gasteiger partial charge in [0.25, 0.3) is 0 Å². The van der Waals surface area contributed by atoms with Gasteiger partial charge in [-0.15, -0.1) is 0 Å². The number of nitrogens with zero attached hydrogens (tertiary/aromatic N) is 1. The SMILES string of the molecule is CCCC(C)(C)n1cc[nH]c1=O. The van der Waals surface area contributed by atoms with Crippen molar-refractivity contribution in [2.75, 3.05) is 0 Å². The molecule has 68 valence electrons. The number of imidazole rings is 1. The molecule has 0 radical (unpaired) electrons. The van der Waals surface area contributed by atoms with E-state index in [9.17, 15) is 4.79 Å². The van der Waals surface area contributed by atoms with Gasteiger partial charge in [-0.1, -0.05) is 13.3 Å². The molecule has 1 rings (SSSR count). The summed E-state index contributed by atoms with van der Waals surface area (Å²) in [6, 6.07) is 0. The first-order chi connectivity index (χ1) is 5.58. The van der Waals surface area contributed by atoms with Crippen molar-refractivity contribution in [1.82, 2.24) is 9.55 Å². The summed E-state index contributed by atoms with van der Waals surface area (Å²) in [4.78, 5) is 13.9. The zero-order valence-corrected chi connectivity index (χ0v) is 7.92. The second-order valence-corrected chi connectivity index (χ2v) is 3.70. The molecule has 3 nitrogen and oxygen atoms in total. The molecule has 0 saturated carbocycles. The van der Waals surface area contributed by atoms with Gasteiger partial charge in [-0.25, -0.2) is 4.79 Å². The van der Waals surface area contributed by atoms with E-state index in [1.54, 1.807) is 17.0 Å². The van der Waals surface area contributed by atoms with Crippen LogP contribution >= 0.6 is 0 Å². The molecule has 0 spiro atoms. The van der Waals surface area contributed by atoms with Crippen molar-refractivity contribution in [3.8, 4) is 0 Å². The molecule has 3 heteroatoms. The molecule has 0 fully saturated rings. The van der Waals surface area contributed by atoms with Gasteiger partial charge >= 0.3 is 5.69 Å². The molecule has 1 N–H and O–H groups in total. The van der Waals surface area contributed by atoms with E-state index in [-0.39, 0.29) is 11.2 Å². The second-order valence-electron chi connectivity index (χ2n) is 3.70. The lowest BCUT2D eigenvalue weighted by atomic mass is 9.99. The third-order valence-electron chi connectivity index (χ3n) is 2.16. The summed E-state index contributed by atoms with van der Waals surface area (Å²) < 4.78 is 1.75. The third kappa shape index (κ3) is 1.60. The summed E-state index contributed by atoms with van der Waals surface area (Å²) >= 11 is 0. The Kier molecular flexibility index (Phi) is 2.40. The first-order valence-electron chi connectivity index (χ1n) is 4.34. The zero-order valence-electron chi connectivity index (χ0n) is 7.92. The molecule has 0 aromatic carbocycles. The van der Waals surface area contributed by atoms with Crippen LogP contribution in [0.5, 0.6) is 0 Å². The Morgan fingerprint density at radius 1 is 1.58 bits per heavy atom. The van der Waals surface area contributed by atoms with Gasteiger partial charge in [0.05, 0.1) is 0 Å². The summed E-state index contributed by atoms with van der Waals surface area (Å²) in [5.74, 6) is 0. The van der Waals surface area contributed by atoms with Crippen molar-refractivity contribution in [3.05, 3.63) is 22.9 Å². The lowest BCUT2D eigenvalue weighted by Crippen LogP contribution is -2.34. The number of H-pyrrole nitrogens is 1. The first-order valence-corrected chi connectivity index (χ1v) is 4.34. The van der Waals surface area contributed by atoms with E-state index in [4.69, 9.17) is 0 Å². The molecule has 0 bridgehead atoms. The maximum atomic E-state index is 11.2. The molecule has 1 aromatic rings. The maximum Gasteiger partial charge on any atom is 0.325 e. The first kappa shape index (κ1) is 9.10. The van der Waals surface area contributed by atoms with Gasteiger partial charge < -0.3 is 4.98 Å². The number of nitrogens with one attached hydrogen (secondary N) is 1. The van der Waals surface area contributed by atoms with Crippen LogP contribution in [0, 0.1) is 0 Å². The van der Waals surface area contributed by atoms with Crippen molar-refractivity contribution < 1.29 is 0 Å². The highest BCUT2D eigenvalue weighted by Crippen LogP contribution is 2.18. The fraction of sp³-hybridized carbons (Fsp3) is 0.667. The van der Waals surface area contributed by atoms with E-state index in [2.05, 4.69) is 25.8 Å². The number of hydrogen-bond acceptors (Lipinski definition) is 1. The van der Waals surface area contributed by atoms with Crippen molar-refractivity contribution in [2.24, 2.45) is 0 Å². The normalized spacial score (nSPS) is 11.9. The van der Waals surface area contributed by atoms with Crippen LogP contribution in [0.4, 0.5) is 0 Å². The smallest absolute Gasteiger partial charge is 0.313 e. The van der Waals surface area contributed by atoms with Crippen LogP contribution in [0.3, 0.4) is 0 Å². The Balaban J connectivity index is 2.96. The Morgan fingerprint density at radius 2 is 2.25 bits per heavy atom. The molecule has 0 saturated heterocycles. The van der Waals surface area contributed by atoms with Crippen molar-refractivity contribution >= 4 is 0 Å². The molecular formula is C9H16N2O. The van der Waals surface area contributed by atoms with Crippen LogP contribution in [0.15, 0.2) is 17.2 Å². The van der Waals surface area contributed by atoms with Gasteiger partial charge in [0.2, 0.25) is 0 Å². The Labute approximate surface area is 72.4 Å². The average molecular weight is 168 g/mol. The number of hydrogen-bond donors (Lipinski definition) is 1. The zero-order chi connectivity index (χ0) is 9.19. The van der Waals surface area contributed by atoms with E-state index in [1.807, 2.05) is 0 Å². The van der Waals surface area contributed by atoms with Gasteiger partial charge in [-0.2, -0.15) is 0 Å². The highest BCUT2D eigenvalue weighted by molar-refractivity contribution is 4.86. The van der Waals surface area contributed by atoms with Crippen molar-refractivity contribution in [2.45, 2.75) is 39.2 Å². The van der Waals surface area contributed by atoms with Crippen molar-refractivity contribution in [1.29, 1.82) is 0 Å². The van der Waals surface area contributed by atoms with Crippen molar-refractivity contribution in [3.63, 3.8) is 0 Å². The van der Waals surface area contributed by atoms with E-state index in [1.165, 1.54) is 0 Å². The van der Waals surface area contributed by atoms with E-state index < -0.39 is 0 Å². The predicted molar refractivity (Wildman–Crippen MR) is 49.3 cm³/mol. The highest BCUT2D eigenvalue weighted by atomic mass is 16.1. The molecule has 12 heavy (non-hydrogen) atoms. The molecule has 0 aliphatic rings. The largest absolute Gasteiger partial charge is 0.325 e. The molecule has 0 amide bonds. The van der Waals surface area contributed by atoms with Gasteiger partial charge in [-0.05, 0) is 20.3 Å². The third-order valence-corrected chi connectivity index (χ3v) is 2.16. The van der Waals surface area contributed by atoms with E-state index >= 15 is 0 Å². The van der Waals surface area contributed by atoms with Crippen LogP contribution in [0.25, 0.3) is 0 Å². The molecule has 1 heterocycles. The van der Waals surface area contributed by atoms with Gasteiger partial charge in [0.15, 0.2) is 0 Å². The van der Waals surface area contributed by atoms with Gasteiger partial charge in [-0.3, -0.25) is 4.57 Å². The molecule has 0 unspecified atom stereocenters. The Morgan fingerprint density at radius 3 is 2.67 bits per heavy atom. The average Bonchev–Trinajstić information content (AvgIpc) is 2.35. The predicted octanol–water partition coefficient (Wildman–Crippen LogP) is 1.71. The maximum absolute atomic E-state index is 11.2. The molecule has 0 aliphatic heterocycles. The fourth-order valence-corrected chi connectivity index (χ4v) is 1.53. The minimum absolute atomic E-state index is 0.0200. The van der Waals surface area contributed by atoms with Gasteiger partial charge in [0, 0.05) is 17.9 Å². The fourth-order valence-electron chi connectivity index (χ4n) is 1.53. The lowest BCUT2D eigenvalue weighted by Gasteiger charge is -2.24. The summed E-state index contributed by atoms with van der Waals surface area (Å²) in [6.07, 6.45) is 5.59. The number of aromatic amines is 1. The van der Waals surface area contributed by atoms with Crippen LogP contribution in [-0.4, -0.2) is 9.55 Å². The summed E-state index contributed by atoms with van der Waals surface area (Å²) in [5, 5.41) is 0. The second kappa shape index (κ2) is 3.17. The topological polar surface area (TPSA) is 37.8 Å². The number of aromatic nitrogens is 2. The summed E-state index contributed by atoms with van der Waals surface area (Å²) in [5.41, 5.74) is -0.0836. The van der Waals surface area contributed by atoms with Crippen LogP contribution in [0.2, 0.25) is 0 Å². The summed E-state index contributed by atoms with van der Waals surface area (Å²) in [6.45, 7) is 6.27. The van der Waals surface area contributed by atoms with Crippen LogP contribution < -0.4 is 5.69 Å². The monoisotopic (exact) mass is 168 g/mol.